The summed E-state index contributed by atoms with van der Waals surface area (Å²) in [6, 6.07) is 14.2. The molecule has 7 heteroatoms. The number of hydrogen-bond acceptors (Lipinski definition) is 4. The molecule has 0 spiro atoms. The maximum Gasteiger partial charge on any atom is 0.187 e. The lowest BCUT2D eigenvalue weighted by Crippen LogP contribution is -2.37. The lowest BCUT2D eigenvalue weighted by molar-refractivity contribution is -0.180. The van der Waals surface area contributed by atoms with Crippen molar-refractivity contribution in [2.24, 2.45) is 0 Å². The molecule has 0 bridgehead atoms. The maximum absolute atomic E-state index is 6.49. The van der Waals surface area contributed by atoms with Crippen LogP contribution in [0.3, 0.4) is 0 Å². The number of hydrogen-bond donors (Lipinski definition) is 0. The smallest absolute Gasteiger partial charge is 0.187 e. The Morgan fingerprint density at radius 3 is 2.77 bits per heavy atom. The van der Waals surface area contributed by atoms with Crippen LogP contribution in [0.1, 0.15) is 17.5 Å². The van der Waals surface area contributed by atoms with Crippen LogP contribution in [0.5, 0.6) is 0 Å². The van der Waals surface area contributed by atoms with Crippen molar-refractivity contribution in [2.45, 2.75) is 43.1 Å². The molecule has 1 aliphatic heterocycles. The predicted molar refractivity (Wildman–Crippen MR) is 122 cm³/mol. The van der Waals surface area contributed by atoms with Crippen molar-refractivity contribution in [1.29, 1.82) is 0 Å². The Hall–Kier alpha value is -1.50. The van der Waals surface area contributed by atoms with E-state index in [9.17, 15) is 0 Å². The standard InChI is InChI=1S/C23H24Cl2N2O2S/c1-17-2-6-21(7-3-17)30-14-20-13-28-23(29-20,15-27-11-10-26-16-27)9-8-18-4-5-19(24)12-22(18)25/h2-7,10-12,16,20H,8-9,13-15H2,1H3. The molecule has 4 rings (SSSR count). The summed E-state index contributed by atoms with van der Waals surface area (Å²) in [5.41, 5.74) is 2.30. The zero-order chi connectivity index (χ0) is 21.0. The van der Waals surface area contributed by atoms with E-state index in [1.54, 1.807) is 30.4 Å². The van der Waals surface area contributed by atoms with E-state index in [0.717, 1.165) is 17.7 Å². The minimum atomic E-state index is -0.706. The van der Waals surface area contributed by atoms with Crippen LogP contribution >= 0.6 is 35.0 Å². The van der Waals surface area contributed by atoms with Gasteiger partial charge in [-0.1, -0.05) is 47.0 Å². The SMILES string of the molecule is Cc1ccc(SCC2COC(CCc3ccc(Cl)cc3Cl)(Cn3ccnc3)O2)cc1. The number of aryl methyl sites for hydroxylation is 2. The van der Waals surface area contributed by atoms with Gasteiger partial charge in [0.15, 0.2) is 5.79 Å². The molecule has 1 aromatic heterocycles. The molecule has 0 aliphatic carbocycles. The normalized spacial score (nSPS) is 21.2. The number of thioether (sulfide) groups is 1. The summed E-state index contributed by atoms with van der Waals surface area (Å²) in [6.45, 7) is 3.26. The number of rotatable bonds is 8. The molecule has 2 aromatic carbocycles. The highest BCUT2D eigenvalue weighted by atomic mass is 35.5. The Bertz CT molecular complexity index is 966. The molecular weight excluding hydrogens is 439 g/mol. The third kappa shape index (κ3) is 5.59. The van der Waals surface area contributed by atoms with Gasteiger partial charge >= 0.3 is 0 Å². The second-order valence-corrected chi connectivity index (χ2v) is 9.49. The second-order valence-electron chi connectivity index (χ2n) is 7.56. The van der Waals surface area contributed by atoms with Gasteiger partial charge in [0.05, 0.1) is 25.6 Å². The Morgan fingerprint density at radius 1 is 1.20 bits per heavy atom. The quantitative estimate of drug-likeness (QED) is 0.382. The van der Waals surface area contributed by atoms with Gasteiger partial charge in [-0.2, -0.15) is 0 Å². The topological polar surface area (TPSA) is 36.3 Å². The van der Waals surface area contributed by atoms with Crippen molar-refractivity contribution in [2.75, 3.05) is 12.4 Å². The van der Waals surface area contributed by atoms with E-state index in [1.165, 1.54) is 10.5 Å². The van der Waals surface area contributed by atoms with Gasteiger partial charge in [0, 0.05) is 39.5 Å². The summed E-state index contributed by atoms with van der Waals surface area (Å²) < 4.78 is 14.8. The summed E-state index contributed by atoms with van der Waals surface area (Å²) in [6.07, 6.45) is 6.95. The fourth-order valence-electron chi connectivity index (χ4n) is 3.52. The molecule has 4 nitrogen and oxygen atoms in total. The first kappa shape index (κ1) is 21.7. The van der Waals surface area contributed by atoms with E-state index < -0.39 is 5.79 Å². The molecule has 1 saturated heterocycles. The number of benzene rings is 2. The Labute approximate surface area is 191 Å². The number of nitrogens with zero attached hydrogens (tertiary/aromatic N) is 2. The number of halogens is 2. The molecule has 0 amide bonds. The van der Waals surface area contributed by atoms with Gasteiger partial charge in [0.1, 0.15) is 0 Å². The first-order valence-corrected chi connectivity index (χ1v) is 11.7. The van der Waals surface area contributed by atoms with Gasteiger partial charge < -0.3 is 14.0 Å². The lowest BCUT2D eigenvalue weighted by atomic mass is 10.0. The Morgan fingerprint density at radius 2 is 2.03 bits per heavy atom. The number of aromatic nitrogens is 2. The molecule has 0 radical (unpaired) electrons. The third-order valence-corrected chi connectivity index (χ3v) is 6.87. The summed E-state index contributed by atoms with van der Waals surface area (Å²) in [7, 11) is 0. The molecule has 2 heterocycles. The van der Waals surface area contributed by atoms with Gasteiger partial charge in [-0.05, 0) is 43.2 Å². The van der Waals surface area contributed by atoms with E-state index in [0.29, 0.717) is 29.6 Å². The molecule has 1 fully saturated rings. The largest absolute Gasteiger partial charge is 0.345 e. The summed E-state index contributed by atoms with van der Waals surface area (Å²) >= 11 is 14.2. The van der Waals surface area contributed by atoms with Crippen molar-refractivity contribution in [1.82, 2.24) is 9.55 Å². The van der Waals surface area contributed by atoms with Crippen LogP contribution in [0, 0.1) is 6.92 Å². The number of ether oxygens (including phenoxy) is 2. The van der Waals surface area contributed by atoms with E-state index >= 15 is 0 Å². The fourth-order valence-corrected chi connectivity index (χ4v) is 4.90. The molecule has 2 unspecified atom stereocenters. The van der Waals surface area contributed by atoms with Crippen LogP contribution < -0.4 is 0 Å². The minimum absolute atomic E-state index is 0.0283. The molecule has 30 heavy (non-hydrogen) atoms. The van der Waals surface area contributed by atoms with Crippen LogP contribution in [0.15, 0.2) is 66.1 Å². The summed E-state index contributed by atoms with van der Waals surface area (Å²) in [5.74, 6) is 0.138. The van der Waals surface area contributed by atoms with Gasteiger partial charge in [-0.15, -0.1) is 11.8 Å². The Balaban J connectivity index is 1.42. The zero-order valence-corrected chi connectivity index (χ0v) is 19.1. The number of imidazole rings is 1. The van der Waals surface area contributed by atoms with E-state index in [1.807, 2.05) is 22.9 Å². The third-order valence-electron chi connectivity index (χ3n) is 5.14. The summed E-state index contributed by atoms with van der Waals surface area (Å²) in [5, 5.41) is 1.31. The molecule has 3 aromatic rings. The van der Waals surface area contributed by atoms with E-state index in [2.05, 4.69) is 36.2 Å². The molecule has 0 saturated carbocycles. The van der Waals surface area contributed by atoms with Crippen LogP contribution in [-0.2, 0) is 22.4 Å². The van der Waals surface area contributed by atoms with Crippen molar-refractivity contribution in [3.8, 4) is 0 Å². The van der Waals surface area contributed by atoms with Crippen LogP contribution in [-0.4, -0.2) is 33.8 Å². The maximum atomic E-state index is 6.49. The van der Waals surface area contributed by atoms with Crippen molar-refractivity contribution >= 4 is 35.0 Å². The summed E-state index contributed by atoms with van der Waals surface area (Å²) in [4.78, 5) is 5.39. The monoisotopic (exact) mass is 462 g/mol. The van der Waals surface area contributed by atoms with E-state index in [4.69, 9.17) is 32.7 Å². The first-order chi connectivity index (χ1) is 14.5. The molecule has 1 aliphatic rings. The molecular formula is C23H24Cl2N2O2S. The zero-order valence-electron chi connectivity index (χ0n) is 16.8. The average molecular weight is 463 g/mol. The Kier molecular flexibility index (Phi) is 7.06. The lowest BCUT2D eigenvalue weighted by Gasteiger charge is -2.29. The van der Waals surface area contributed by atoms with Crippen LogP contribution in [0.2, 0.25) is 10.0 Å². The minimum Gasteiger partial charge on any atom is -0.345 e. The van der Waals surface area contributed by atoms with Gasteiger partial charge in [0.25, 0.3) is 0 Å². The fraction of sp³-hybridized carbons (Fsp3) is 0.348. The van der Waals surface area contributed by atoms with Gasteiger partial charge in [-0.25, -0.2) is 4.98 Å². The molecule has 0 N–H and O–H groups in total. The van der Waals surface area contributed by atoms with Crippen LogP contribution in [0.25, 0.3) is 0 Å². The van der Waals surface area contributed by atoms with Gasteiger partial charge in [-0.3, -0.25) is 0 Å². The predicted octanol–water partition coefficient (Wildman–Crippen LogP) is 6.04. The highest BCUT2D eigenvalue weighted by Gasteiger charge is 2.41. The van der Waals surface area contributed by atoms with Crippen molar-refractivity contribution in [3.63, 3.8) is 0 Å². The highest BCUT2D eigenvalue weighted by Crippen LogP contribution is 2.34. The highest BCUT2D eigenvalue weighted by molar-refractivity contribution is 7.99. The van der Waals surface area contributed by atoms with Gasteiger partial charge in [0.2, 0.25) is 0 Å². The first-order valence-electron chi connectivity index (χ1n) is 9.92. The van der Waals surface area contributed by atoms with Crippen molar-refractivity contribution < 1.29 is 9.47 Å². The second kappa shape index (κ2) is 9.75. The molecule has 158 valence electrons. The van der Waals surface area contributed by atoms with Crippen LogP contribution in [0.4, 0.5) is 0 Å². The molecule has 2 atom stereocenters. The average Bonchev–Trinajstić information content (AvgIpc) is 3.38. The van der Waals surface area contributed by atoms with E-state index in [-0.39, 0.29) is 6.10 Å². The van der Waals surface area contributed by atoms with Crippen molar-refractivity contribution in [3.05, 3.63) is 82.4 Å².